The zero-order valence-electron chi connectivity index (χ0n) is 24.9. The molecule has 0 N–H and O–H groups in total. The Morgan fingerprint density at radius 1 is 0.854 bits per heavy atom. The van der Waals surface area contributed by atoms with E-state index in [1.54, 1.807) is 0 Å². The largest absolute Gasteiger partial charge is 0.335 e. The minimum Gasteiger partial charge on any atom is -0.335 e. The summed E-state index contributed by atoms with van der Waals surface area (Å²) in [6.07, 6.45) is 4.99. The predicted octanol–water partition coefficient (Wildman–Crippen LogP) is 5.87. The molecular formula is C35H43N5O. The quantitative estimate of drug-likeness (QED) is 0.370. The number of pyridine rings is 1. The van der Waals surface area contributed by atoms with Gasteiger partial charge in [0.15, 0.2) is 0 Å². The second-order valence-electron chi connectivity index (χ2n) is 12.4. The lowest BCUT2D eigenvalue weighted by atomic mass is 9.88. The molecule has 4 heterocycles. The zero-order valence-corrected chi connectivity index (χ0v) is 24.9. The molecule has 0 bridgehead atoms. The summed E-state index contributed by atoms with van der Waals surface area (Å²) in [6.45, 7) is 14.0. The highest BCUT2D eigenvalue weighted by molar-refractivity contribution is 6.40. The number of piperidine rings is 1. The maximum Gasteiger partial charge on any atom is 0.268 e. The van der Waals surface area contributed by atoms with Crippen molar-refractivity contribution in [2.24, 2.45) is 4.99 Å². The van der Waals surface area contributed by atoms with Crippen LogP contribution in [0.25, 0.3) is 0 Å². The van der Waals surface area contributed by atoms with Gasteiger partial charge in [-0.3, -0.25) is 19.6 Å². The molecule has 3 aliphatic rings. The van der Waals surface area contributed by atoms with Crippen LogP contribution in [0.1, 0.15) is 72.0 Å². The predicted molar refractivity (Wildman–Crippen MR) is 166 cm³/mol. The number of rotatable bonds is 7. The van der Waals surface area contributed by atoms with Crippen LogP contribution in [-0.4, -0.2) is 70.6 Å². The van der Waals surface area contributed by atoms with Crippen LogP contribution in [0.5, 0.6) is 0 Å². The SMILES string of the molecule is Cc1ccc(CN2CCC(c3ccc4c(c3)CC(C(=O)N3CCN(Cc5ccc(C(C)C)cc5)CC3)=N4)CC2)cn1. The van der Waals surface area contributed by atoms with E-state index >= 15 is 0 Å². The first-order valence-electron chi connectivity index (χ1n) is 15.4. The third kappa shape index (κ3) is 6.60. The van der Waals surface area contributed by atoms with Gasteiger partial charge < -0.3 is 4.90 Å². The monoisotopic (exact) mass is 549 g/mol. The van der Waals surface area contributed by atoms with E-state index < -0.39 is 0 Å². The number of piperazine rings is 1. The number of likely N-dealkylation sites (tertiary alicyclic amines) is 1. The number of carbonyl (C=O) groups is 1. The van der Waals surface area contributed by atoms with Crippen LogP contribution in [-0.2, 0) is 24.3 Å². The van der Waals surface area contributed by atoms with E-state index in [1.807, 2.05) is 18.0 Å². The molecule has 1 amide bonds. The van der Waals surface area contributed by atoms with Crippen LogP contribution >= 0.6 is 0 Å². The lowest BCUT2D eigenvalue weighted by Gasteiger charge is -2.34. The van der Waals surface area contributed by atoms with Crippen molar-refractivity contribution >= 4 is 17.3 Å². The molecule has 41 heavy (non-hydrogen) atoms. The summed E-state index contributed by atoms with van der Waals surface area (Å²) in [5, 5.41) is 0. The average Bonchev–Trinajstić information content (AvgIpc) is 3.43. The number of carbonyl (C=O) groups excluding carboxylic acids is 1. The van der Waals surface area contributed by atoms with Gasteiger partial charge in [0, 0.05) is 57.6 Å². The summed E-state index contributed by atoms with van der Waals surface area (Å²) in [4.78, 5) is 29.6. The molecule has 6 heteroatoms. The van der Waals surface area contributed by atoms with Gasteiger partial charge in [0.2, 0.25) is 0 Å². The second-order valence-corrected chi connectivity index (χ2v) is 12.4. The number of fused-ring (bicyclic) bond motifs is 1. The Bertz CT molecular complexity index is 1380. The third-order valence-corrected chi connectivity index (χ3v) is 9.11. The molecule has 0 spiro atoms. The van der Waals surface area contributed by atoms with Crippen molar-refractivity contribution in [3.8, 4) is 0 Å². The first-order chi connectivity index (χ1) is 19.9. The summed E-state index contributed by atoms with van der Waals surface area (Å²) in [6, 6.07) is 20.0. The van der Waals surface area contributed by atoms with Gasteiger partial charge in [-0.15, -0.1) is 0 Å². The summed E-state index contributed by atoms with van der Waals surface area (Å²) < 4.78 is 0. The molecule has 6 rings (SSSR count). The van der Waals surface area contributed by atoms with E-state index in [-0.39, 0.29) is 5.91 Å². The first-order valence-corrected chi connectivity index (χ1v) is 15.4. The molecule has 0 radical (unpaired) electrons. The highest BCUT2D eigenvalue weighted by Crippen LogP contribution is 2.34. The molecule has 0 unspecified atom stereocenters. The number of benzene rings is 2. The van der Waals surface area contributed by atoms with Crippen LogP contribution in [0.4, 0.5) is 5.69 Å². The maximum atomic E-state index is 13.4. The smallest absolute Gasteiger partial charge is 0.268 e. The van der Waals surface area contributed by atoms with Gasteiger partial charge in [-0.25, -0.2) is 4.99 Å². The number of aromatic nitrogens is 1. The third-order valence-electron chi connectivity index (χ3n) is 9.11. The number of hydrogen-bond donors (Lipinski definition) is 0. The molecule has 214 valence electrons. The highest BCUT2D eigenvalue weighted by atomic mass is 16.2. The molecular weight excluding hydrogens is 506 g/mol. The normalized spacial score (nSPS) is 18.5. The van der Waals surface area contributed by atoms with Gasteiger partial charge in [0.25, 0.3) is 5.91 Å². The number of aryl methyl sites for hydroxylation is 1. The van der Waals surface area contributed by atoms with E-state index in [1.165, 1.54) is 27.8 Å². The summed E-state index contributed by atoms with van der Waals surface area (Å²) in [5.74, 6) is 1.24. The van der Waals surface area contributed by atoms with Gasteiger partial charge in [0.05, 0.1) is 5.69 Å². The number of nitrogens with zero attached hydrogens (tertiary/aromatic N) is 5. The molecule has 3 aromatic rings. The molecule has 2 fully saturated rings. The Balaban J connectivity index is 0.981. The van der Waals surface area contributed by atoms with Crippen molar-refractivity contribution in [1.29, 1.82) is 0 Å². The molecule has 1 aromatic heterocycles. The Morgan fingerprint density at radius 3 is 2.22 bits per heavy atom. The minimum atomic E-state index is 0.114. The van der Waals surface area contributed by atoms with Crippen molar-refractivity contribution in [1.82, 2.24) is 19.7 Å². The Kier molecular flexibility index (Phi) is 8.31. The Hall–Kier alpha value is -3.35. The summed E-state index contributed by atoms with van der Waals surface area (Å²) in [5.41, 5.74) is 9.38. The van der Waals surface area contributed by atoms with Crippen molar-refractivity contribution < 1.29 is 4.79 Å². The molecule has 0 aliphatic carbocycles. The van der Waals surface area contributed by atoms with Gasteiger partial charge in [0.1, 0.15) is 5.71 Å². The van der Waals surface area contributed by atoms with E-state index in [9.17, 15) is 4.79 Å². The van der Waals surface area contributed by atoms with Crippen molar-refractivity contribution in [2.45, 2.75) is 65.0 Å². The topological polar surface area (TPSA) is 52.0 Å². The van der Waals surface area contributed by atoms with E-state index in [2.05, 4.69) is 83.2 Å². The molecule has 2 saturated heterocycles. The fourth-order valence-corrected chi connectivity index (χ4v) is 6.43. The van der Waals surface area contributed by atoms with Crippen LogP contribution in [0, 0.1) is 6.92 Å². The van der Waals surface area contributed by atoms with Gasteiger partial charge in [-0.1, -0.05) is 56.3 Å². The number of hydrogen-bond acceptors (Lipinski definition) is 5. The van der Waals surface area contributed by atoms with Crippen LogP contribution < -0.4 is 0 Å². The average molecular weight is 550 g/mol. The van der Waals surface area contributed by atoms with Crippen molar-refractivity contribution in [2.75, 3.05) is 39.3 Å². The number of amides is 1. The second kappa shape index (κ2) is 12.3. The van der Waals surface area contributed by atoms with E-state index in [0.29, 0.717) is 24.0 Å². The maximum absolute atomic E-state index is 13.4. The van der Waals surface area contributed by atoms with Crippen molar-refractivity contribution in [3.05, 3.63) is 94.3 Å². The van der Waals surface area contributed by atoms with E-state index in [0.717, 1.165) is 76.6 Å². The van der Waals surface area contributed by atoms with Crippen LogP contribution in [0.2, 0.25) is 0 Å². The van der Waals surface area contributed by atoms with Crippen LogP contribution in [0.15, 0.2) is 65.8 Å². The zero-order chi connectivity index (χ0) is 28.3. The standard InChI is InChI=1S/C35H43N5O/c1-25(2)29-8-6-27(7-9-29)23-39-16-18-40(19-17-39)35(41)34-21-32-20-31(10-11-33(32)37-34)30-12-14-38(15-13-30)24-28-5-4-26(3)36-22-28/h4-11,20,22,25,30H,12-19,21,23-24H2,1-3H3. The lowest BCUT2D eigenvalue weighted by molar-refractivity contribution is -0.125. The Morgan fingerprint density at radius 2 is 1.54 bits per heavy atom. The van der Waals surface area contributed by atoms with Crippen LogP contribution in [0.3, 0.4) is 0 Å². The molecule has 3 aliphatic heterocycles. The first kappa shape index (κ1) is 27.8. The minimum absolute atomic E-state index is 0.114. The molecule has 6 nitrogen and oxygen atoms in total. The Labute approximate surface area is 245 Å². The molecule has 0 saturated carbocycles. The van der Waals surface area contributed by atoms with Gasteiger partial charge >= 0.3 is 0 Å². The van der Waals surface area contributed by atoms with Crippen molar-refractivity contribution in [3.63, 3.8) is 0 Å². The lowest BCUT2D eigenvalue weighted by Crippen LogP contribution is -2.50. The van der Waals surface area contributed by atoms with Gasteiger partial charge in [-0.05, 0) is 84.6 Å². The van der Waals surface area contributed by atoms with Gasteiger partial charge in [-0.2, -0.15) is 0 Å². The fourth-order valence-electron chi connectivity index (χ4n) is 6.43. The molecule has 0 atom stereocenters. The summed E-state index contributed by atoms with van der Waals surface area (Å²) in [7, 11) is 0. The molecule has 2 aromatic carbocycles. The number of aliphatic imine (C=N–C) groups is 1. The summed E-state index contributed by atoms with van der Waals surface area (Å²) >= 11 is 0. The highest BCUT2D eigenvalue weighted by Gasteiger charge is 2.29. The van der Waals surface area contributed by atoms with E-state index in [4.69, 9.17) is 4.99 Å². The fraction of sp³-hybridized carbons (Fsp3) is 0.457.